The molecule has 0 bridgehead atoms. The highest BCUT2D eigenvalue weighted by Crippen LogP contribution is 2.31. The summed E-state index contributed by atoms with van der Waals surface area (Å²) in [5, 5.41) is 4.28. The number of hydrazone groups is 1. The van der Waals surface area contributed by atoms with Crippen LogP contribution in [0.25, 0.3) is 0 Å². The first-order chi connectivity index (χ1) is 13.5. The highest BCUT2D eigenvalue weighted by Gasteiger charge is 2.17. The zero-order valence-corrected chi connectivity index (χ0v) is 19.0. The Kier molecular flexibility index (Phi) is 7.03. The average Bonchev–Trinajstić information content (AvgIpc) is 2.68. The SMILES string of the molecule is COc1c(Br)cc(Br)cc1/C=N\Nc1nc(N(C)C)nc(N2CCOCC2)n1. The van der Waals surface area contributed by atoms with Crippen molar-refractivity contribution in [1.29, 1.82) is 0 Å². The second-order valence-corrected chi connectivity index (χ2v) is 7.90. The highest BCUT2D eigenvalue weighted by atomic mass is 79.9. The van der Waals surface area contributed by atoms with E-state index in [1.54, 1.807) is 13.3 Å². The molecule has 0 radical (unpaired) electrons. The number of halogens is 2. The maximum Gasteiger partial charge on any atom is 0.250 e. The van der Waals surface area contributed by atoms with E-state index >= 15 is 0 Å². The molecule has 9 nitrogen and oxygen atoms in total. The summed E-state index contributed by atoms with van der Waals surface area (Å²) >= 11 is 6.95. The number of aromatic nitrogens is 3. The monoisotopic (exact) mass is 513 g/mol. The van der Waals surface area contributed by atoms with Gasteiger partial charge in [-0.05, 0) is 28.1 Å². The van der Waals surface area contributed by atoms with Crippen LogP contribution in [0, 0.1) is 0 Å². The number of nitrogens with one attached hydrogen (secondary N) is 1. The third-order valence-electron chi connectivity index (χ3n) is 3.92. The molecule has 0 unspecified atom stereocenters. The molecule has 1 aromatic carbocycles. The quantitative estimate of drug-likeness (QED) is 0.465. The van der Waals surface area contributed by atoms with Gasteiger partial charge >= 0.3 is 0 Å². The maximum atomic E-state index is 5.43. The van der Waals surface area contributed by atoms with Crippen molar-refractivity contribution in [3.8, 4) is 5.75 Å². The van der Waals surface area contributed by atoms with Crippen LogP contribution in [0.4, 0.5) is 17.8 Å². The molecule has 0 spiro atoms. The van der Waals surface area contributed by atoms with E-state index < -0.39 is 0 Å². The molecule has 1 N–H and O–H groups in total. The van der Waals surface area contributed by atoms with Crippen LogP contribution < -0.4 is 20.0 Å². The minimum absolute atomic E-state index is 0.365. The van der Waals surface area contributed by atoms with Crippen molar-refractivity contribution in [1.82, 2.24) is 15.0 Å². The van der Waals surface area contributed by atoms with Gasteiger partial charge in [-0.15, -0.1) is 0 Å². The normalized spacial score (nSPS) is 14.4. The number of rotatable bonds is 6. The van der Waals surface area contributed by atoms with Crippen LogP contribution in [-0.4, -0.2) is 68.7 Å². The Balaban J connectivity index is 1.84. The summed E-state index contributed by atoms with van der Waals surface area (Å²) in [6, 6.07) is 3.82. The van der Waals surface area contributed by atoms with Gasteiger partial charge in [0, 0.05) is 37.2 Å². The lowest BCUT2D eigenvalue weighted by atomic mass is 10.2. The van der Waals surface area contributed by atoms with E-state index in [1.807, 2.05) is 31.1 Å². The molecule has 11 heteroatoms. The van der Waals surface area contributed by atoms with Crippen molar-refractivity contribution in [2.24, 2.45) is 5.10 Å². The number of anilines is 3. The van der Waals surface area contributed by atoms with Crippen LogP contribution in [-0.2, 0) is 4.74 Å². The molecule has 1 aromatic heterocycles. The Hall–Kier alpha value is -1.98. The summed E-state index contributed by atoms with van der Waals surface area (Å²) in [7, 11) is 5.38. The van der Waals surface area contributed by atoms with Crippen LogP contribution in [0.5, 0.6) is 5.75 Å². The molecule has 2 heterocycles. The number of nitrogens with zero attached hydrogens (tertiary/aromatic N) is 6. The molecule has 1 fully saturated rings. The average molecular weight is 515 g/mol. The first-order valence-corrected chi connectivity index (χ1v) is 10.1. The zero-order valence-electron chi connectivity index (χ0n) is 15.8. The Morgan fingerprint density at radius 2 is 1.96 bits per heavy atom. The topological polar surface area (TPSA) is 88.0 Å². The van der Waals surface area contributed by atoms with Crippen LogP contribution in [0.2, 0.25) is 0 Å². The fourth-order valence-electron chi connectivity index (χ4n) is 2.56. The van der Waals surface area contributed by atoms with Crippen molar-refractivity contribution < 1.29 is 9.47 Å². The standard InChI is InChI=1S/C17H21Br2N7O2/c1-25(2)16-21-15(22-17(23-16)26-4-6-28-7-5-26)24-20-10-11-8-12(18)9-13(19)14(11)27-3/h8-10H,4-7H2,1-3H3,(H,21,22,23,24)/b20-10-. The fourth-order valence-corrected chi connectivity index (χ4v) is 3.98. The van der Waals surface area contributed by atoms with Gasteiger partial charge in [-0.25, -0.2) is 5.43 Å². The van der Waals surface area contributed by atoms with Gasteiger partial charge in [0.05, 0.1) is 31.0 Å². The Bertz CT molecular complexity index is 858. The van der Waals surface area contributed by atoms with Crippen molar-refractivity contribution >= 4 is 55.9 Å². The summed E-state index contributed by atoms with van der Waals surface area (Å²) in [4.78, 5) is 17.3. The van der Waals surface area contributed by atoms with Gasteiger partial charge in [-0.2, -0.15) is 20.1 Å². The smallest absolute Gasteiger partial charge is 0.250 e. The van der Waals surface area contributed by atoms with E-state index in [4.69, 9.17) is 9.47 Å². The molecule has 1 aliphatic rings. The second kappa shape index (κ2) is 9.48. The molecule has 0 saturated carbocycles. The lowest BCUT2D eigenvalue weighted by molar-refractivity contribution is 0.122. The predicted molar refractivity (Wildman–Crippen MR) is 117 cm³/mol. The summed E-state index contributed by atoms with van der Waals surface area (Å²) in [6.07, 6.45) is 1.65. The molecule has 0 amide bonds. The summed E-state index contributed by atoms with van der Waals surface area (Å²) in [5.74, 6) is 2.20. The first kappa shape index (κ1) is 20.7. The third kappa shape index (κ3) is 5.09. The van der Waals surface area contributed by atoms with Crippen LogP contribution in [0.3, 0.4) is 0 Å². The molecule has 3 rings (SSSR count). The molecule has 0 aliphatic carbocycles. The van der Waals surface area contributed by atoms with Crippen LogP contribution in [0.1, 0.15) is 5.56 Å². The summed E-state index contributed by atoms with van der Waals surface area (Å²) in [5.41, 5.74) is 3.69. The van der Waals surface area contributed by atoms with E-state index in [0.29, 0.717) is 36.8 Å². The Morgan fingerprint density at radius 1 is 1.21 bits per heavy atom. The number of hydrogen-bond acceptors (Lipinski definition) is 9. The fraction of sp³-hybridized carbons (Fsp3) is 0.412. The lowest BCUT2D eigenvalue weighted by Gasteiger charge is -2.27. The first-order valence-electron chi connectivity index (χ1n) is 8.56. The number of hydrogen-bond donors (Lipinski definition) is 1. The number of morpholine rings is 1. The molecule has 150 valence electrons. The van der Waals surface area contributed by atoms with E-state index in [2.05, 4.69) is 62.2 Å². The molecule has 0 atom stereocenters. The van der Waals surface area contributed by atoms with Crippen molar-refractivity contribution in [3.63, 3.8) is 0 Å². The van der Waals surface area contributed by atoms with Crippen molar-refractivity contribution in [3.05, 3.63) is 26.6 Å². The molecule has 1 aliphatic heterocycles. The molecule has 2 aromatic rings. The largest absolute Gasteiger partial charge is 0.495 e. The summed E-state index contributed by atoms with van der Waals surface area (Å²) in [6.45, 7) is 2.79. The minimum atomic E-state index is 0.365. The Labute approximate surface area is 180 Å². The van der Waals surface area contributed by atoms with Crippen LogP contribution in [0.15, 0.2) is 26.2 Å². The maximum absolute atomic E-state index is 5.43. The van der Waals surface area contributed by atoms with E-state index in [-0.39, 0.29) is 0 Å². The van der Waals surface area contributed by atoms with Gasteiger partial charge < -0.3 is 19.3 Å². The zero-order chi connectivity index (χ0) is 20.1. The van der Waals surface area contributed by atoms with Gasteiger partial charge in [-0.3, -0.25) is 0 Å². The highest BCUT2D eigenvalue weighted by molar-refractivity contribution is 9.11. The summed E-state index contributed by atoms with van der Waals surface area (Å²) < 4.78 is 12.6. The predicted octanol–water partition coefficient (Wildman–Crippen LogP) is 2.75. The Morgan fingerprint density at radius 3 is 2.64 bits per heavy atom. The van der Waals surface area contributed by atoms with Gasteiger partial charge in [0.25, 0.3) is 0 Å². The molecule has 28 heavy (non-hydrogen) atoms. The van der Waals surface area contributed by atoms with Gasteiger partial charge in [0.2, 0.25) is 17.8 Å². The van der Waals surface area contributed by atoms with Crippen molar-refractivity contribution in [2.45, 2.75) is 0 Å². The number of ether oxygens (including phenoxy) is 2. The minimum Gasteiger partial charge on any atom is -0.495 e. The number of methoxy groups -OCH3 is 1. The van der Waals surface area contributed by atoms with Gasteiger partial charge in [0.1, 0.15) is 5.75 Å². The molecular formula is C17H21Br2N7O2. The van der Waals surface area contributed by atoms with E-state index in [1.165, 1.54) is 0 Å². The van der Waals surface area contributed by atoms with E-state index in [0.717, 1.165) is 27.6 Å². The molecular weight excluding hydrogens is 494 g/mol. The van der Waals surface area contributed by atoms with Gasteiger partial charge in [0.15, 0.2) is 0 Å². The van der Waals surface area contributed by atoms with Crippen molar-refractivity contribution in [2.75, 3.05) is 62.7 Å². The van der Waals surface area contributed by atoms with E-state index in [9.17, 15) is 0 Å². The third-order valence-corrected chi connectivity index (χ3v) is 4.96. The van der Waals surface area contributed by atoms with Crippen LogP contribution >= 0.6 is 31.9 Å². The second-order valence-electron chi connectivity index (χ2n) is 6.13. The molecule has 1 saturated heterocycles. The lowest BCUT2D eigenvalue weighted by Crippen LogP contribution is -2.37. The number of benzene rings is 1. The van der Waals surface area contributed by atoms with Gasteiger partial charge in [-0.1, -0.05) is 15.9 Å².